The second kappa shape index (κ2) is 7.28. The van der Waals surface area contributed by atoms with Gasteiger partial charge < -0.3 is 10.2 Å². The van der Waals surface area contributed by atoms with Gasteiger partial charge in [0.25, 0.3) is 0 Å². The predicted octanol–water partition coefficient (Wildman–Crippen LogP) is 3.94. The molecule has 5 heteroatoms. The number of hydrogen-bond donors (Lipinski definition) is 1. The number of benzene rings is 2. The van der Waals surface area contributed by atoms with Crippen molar-refractivity contribution in [3.63, 3.8) is 0 Å². The summed E-state index contributed by atoms with van der Waals surface area (Å²) in [6, 6.07) is 13.4. The molecule has 1 atom stereocenters. The number of hydrogen-bond acceptors (Lipinski definition) is 2. The highest BCUT2D eigenvalue weighted by Crippen LogP contribution is 2.25. The first-order valence-electron chi connectivity index (χ1n) is 8.33. The molecule has 1 aliphatic rings. The molecule has 25 heavy (non-hydrogen) atoms. The number of halogens is 1. The van der Waals surface area contributed by atoms with Crippen LogP contribution in [-0.4, -0.2) is 23.3 Å². The Bertz CT molecular complexity index is 819. The number of carbonyl (C=O) groups is 2. The molecule has 1 saturated heterocycles. The van der Waals surface area contributed by atoms with E-state index in [2.05, 4.69) is 5.32 Å². The molecule has 0 spiro atoms. The van der Waals surface area contributed by atoms with E-state index in [4.69, 9.17) is 11.6 Å². The van der Waals surface area contributed by atoms with Crippen LogP contribution in [-0.2, 0) is 16.1 Å². The van der Waals surface area contributed by atoms with Gasteiger partial charge >= 0.3 is 0 Å². The molecule has 1 heterocycles. The van der Waals surface area contributed by atoms with Crippen molar-refractivity contribution in [2.24, 2.45) is 5.92 Å². The topological polar surface area (TPSA) is 49.4 Å². The van der Waals surface area contributed by atoms with Crippen molar-refractivity contribution >= 4 is 29.1 Å². The molecule has 2 aromatic carbocycles. The zero-order valence-electron chi connectivity index (χ0n) is 14.4. The lowest BCUT2D eigenvalue weighted by atomic mass is 10.1. The minimum absolute atomic E-state index is 0.0132. The summed E-state index contributed by atoms with van der Waals surface area (Å²) in [4.78, 5) is 26.5. The summed E-state index contributed by atoms with van der Waals surface area (Å²) in [5.41, 5.74) is 3.86. The maximum absolute atomic E-state index is 12.5. The second-order valence-corrected chi connectivity index (χ2v) is 6.98. The monoisotopic (exact) mass is 356 g/mol. The van der Waals surface area contributed by atoms with Crippen LogP contribution in [0.5, 0.6) is 0 Å². The molecule has 2 amide bonds. The van der Waals surface area contributed by atoms with Crippen LogP contribution in [0.25, 0.3) is 0 Å². The van der Waals surface area contributed by atoms with E-state index in [1.165, 1.54) is 0 Å². The molecule has 2 aromatic rings. The molecule has 4 nitrogen and oxygen atoms in total. The van der Waals surface area contributed by atoms with Gasteiger partial charge in [-0.15, -0.1) is 0 Å². The van der Waals surface area contributed by atoms with Crippen LogP contribution >= 0.6 is 11.6 Å². The molecule has 3 rings (SSSR count). The molecule has 0 bridgehead atoms. The molecular weight excluding hydrogens is 336 g/mol. The fourth-order valence-electron chi connectivity index (χ4n) is 3.12. The van der Waals surface area contributed by atoms with Gasteiger partial charge in [-0.1, -0.05) is 47.5 Å². The van der Waals surface area contributed by atoms with Crippen LogP contribution in [0.15, 0.2) is 42.5 Å². The fourth-order valence-corrected chi connectivity index (χ4v) is 3.32. The Labute approximate surface area is 152 Å². The molecule has 0 radical (unpaired) electrons. The summed E-state index contributed by atoms with van der Waals surface area (Å²) in [5.74, 6) is -0.460. The maximum Gasteiger partial charge on any atom is 0.229 e. The Kier molecular flexibility index (Phi) is 5.09. The summed E-state index contributed by atoms with van der Waals surface area (Å²) in [7, 11) is 0. The van der Waals surface area contributed by atoms with Crippen LogP contribution in [0.2, 0.25) is 5.02 Å². The summed E-state index contributed by atoms with van der Waals surface area (Å²) < 4.78 is 0. The maximum atomic E-state index is 12.5. The fraction of sp³-hybridized carbons (Fsp3) is 0.300. The Morgan fingerprint density at radius 2 is 2.00 bits per heavy atom. The third kappa shape index (κ3) is 4.02. The SMILES string of the molecule is Cc1ccc(NC(=O)[C@@H]2CC(=O)N(Cc3ccccc3Cl)C2)c(C)c1. The number of carbonyl (C=O) groups excluding carboxylic acids is 2. The van der Waals surface area contributed by atoms with Gasteiger partial charge in [0.15, 0.2) is 0 Å². The number of aryl methyl sites for hydroxylation is 2. The van der Waals surface area contributed by atoms with Gasteiger partial charge in [0.2, 0.25) is 11.8 Å². The van der Waals surface area contributed by atoms with Gasteiger partial charge in [-0.05, 0) is 37.1 Å². The number of anilines is 1. The summed E-state index contributed by atoms with van der Waals surface area (Å²) in [6.45, 7) is 4.83. The van der Waals surface area contributed by atoms with E-state index < -0.39 is 0 Å². The molecule has 0 saturated carbocycles. The molecule has 1 N–H and O–H groups in total. The molecular formula is C20H21ClN2O2. The van der Waals surface area contributed by atoms with Crippen molar-refractivity contribution in [2.45, 2.75) is 26.8 Å². The highest BCUT2D eigenvalue weighted by atomic mass is 35.5. The van der Waals surface area contributed by atoms with Gasteiger partial charge in [-0.25, -0.2) is 0 Å². The summed E-state index contributed by atoms with van der Waals surface area (Å²) in [6.07, 6.45) is 0.237. The van der Waals surface area contributed by atoms with Crippen molar-refractivity contribution in [1.82, 2.24) is 4.90 Å². The zero-order chi connectivity index (χ0) is 18.0. The lowest BCUT2D eigenvalue weighted by Gasteiger charge is -2.17. The molecule has 1 fully saturated rings. The first-order valence-corrected chi connectivity index (χ1v) is 8.71. The smallest absolute Gasteiger partial charge is 0.229 e. The van der Waals surface area contributed by atoms with Gasteiger partial charge in [-0.3, -0.25) is 9.59 Å². The Morgan fingerprint density at radius 1 is 1.24 bits per heavy atom. The number of rotatable bonds is 4. The van der Waals surface area contributed by atoms with E-state index in [0.717, 1.165) is 22.4 Å². The number of likely N-dealkylation sites (tertiary alicyclic amines) is 1. The first kappa shape index (κ1) is 17.5. The van der Waals surface area contributed by atoms with Crippen molar-refractivity contribution in [3.05, 3.63) is 64.2 Å². The minimum atomic E-state index is -0.337. The second-order valence-electron chi connectivity index (χ2n) is 6.57. The van der Waals surface area contributed by atoms with Gasteiger partial charge in [-0.2, -0.15) is 0 Å². The Balaban J connectivity index is 1.65. The Morgan fingerprint density at radius 3 is 2.72 bits per heavy atom. The number of amides is 2. The van der Waals surface area contributed by atoms with Crippen LogP contribution < -0.4 is 5.32 Å². The highest BCUT2D eigenvalue weighted by molar-refractivity contribution is 6.31. The molecule has 130 valence electrons. The average molecular weight is 357 g/mol. The lowest BCUT2D eigenvalue weighted by molar-refractivity contribution is -0.128. The Hall–Kier alpha value is -2.33. The molecule has 0 unspecified atom stereocenters. The average Bonchev–Trinajstić information content (AvgIpc) is 2.93. The van der Waals surface area contributed by atoms with E-state index in [0.29, 0.717) is 18.1 Å². The van der Waals surface area contributed by atoms with Crippen molar-refractivity contribution in [1.29, 1.82) is 0 Å². The molecule has 1 aliphatic heterocycles. The van der Waals surface area contributed by atoms with E-state index in [1.807, 2.05) is 56.3 Å². The van der Waals surface area contributed by atoms with Gasteiger partial charge in [0.1, 0.15) is 0 Å². The minimum Gasteiger partial charge on any atom is -0.337 e. The zero-order valence-corrected chi connectivity index (χ0v) is 15.1. The third-order valence-corrected chi connectivity index (χ3v) is 4.91. The third-order valence-electron chi connectivity index (χ3n) is 4.54. The standard InChI is InChI=1S/C20H21ClN2O2/c1-13-7-8-18(14(2)9-13)22-20(25)16-10-19(24)23(12-16)11-15-5-3-4-6-17(15)21/h3-9,16H,10-12H2,1-2H3,(H,22,25)/t16-/m1/s1. The quantitative estimate of drug-likeness (QED) is 0.901. The van der Waals surface area contributed by atoms with E-state index in [-0.39, 0.29) is 24.2 Å². The summed E-state index contributed by atoms with van der Waals surface area (Å²) >= 11 is 6.17. The largest absolute Gasteiger partial charge is 0.337 e. The molecule has 0 aromatic heterocycles. The van der Waals surface area contributed by atoms with Crippen molar-refractivity contribution in [2.75, 3.05) is 11.9 Å². The highest BCUT2D eigenvalue weighted by Gasteiger charge is 2.34. The van der Waals surface area contributed by atoms with Crippen LogP contribution in [0, 0.1) is 19.8 Å². The lowest BCUT2D eigenvalue weighted by Crippen LogP contribution is -2.28. The first-order chi connectivity index (χ1) is 11.9. The number of nitrogens with zero attached hydrogens (tertiary/aromatic N) is 1. The van der Waals surface area contributed by atoms with Crippen LogP contribution in [0.3, 0.4) is 0 Å². The van der Waals surface area contributed by atoms with Crippen molar-refractivity contribution in [3.8, 4) is 0 Å². The van der Waals surface area contributed by atoms with E-state index >= 15 is 0 Å². The van der Waals surface area contributed by atoms with E-state index in [9.17, 15) is 9.59 Å². The van der Waals surface area contributed by atoms with Gasteiger partial charge in [0.05, 0.1) is 5.92 Å². The normalized spacial score (nSPS) is 17.0. The van der Waals surface area contributed by atoms with Crippen LogP contribution in [0.1, 0.15) is 23.1 Å². The van der Waals surface area contributed by atoms with E-state index in [1.54, 1.807) is 4.90 Å². The van der Waals surface area contributed by atoms with Gasteiger partial charge in [0, 0.05) is 30.2 Å². The number of nitrogens with one attached hydrogen (secondary N) is 1. The molecule has 0 aliphatic carbocycles. The van der Waals surface area contributed by atoms with Crippen molar-refractivity contribution < 1.29 is 9.59 Å². The predicted molar refractivity (Wildman–Crippen MR) is 99.5 cm³/mol. The summed E-state index contributed by atoms with van der Waals surface area (Å²) in [5, 5.41) is 3.59. The van der Waals surface area contributed by atoms with Crippen LogP contribution in [0.4, 0.5) is 5.69 Å².